The van der Waals surface area contributed by atoms with Gasteiger partial charge in [0, 0.05) is 34.8 Å². The van der Waals surface area contributed by atoms with E-state index in [4.69, 9.17) is 11.1 Å². The first kappa shape index (κ1) is 20.0. The molecular formula is C22H24N6O. The predicted molar refractivity (Wildman–Crippen MR) is 115 cm³/mol. The highest BCUT2D eigenvalue weighted by molar-refractivity contribution is 6.14. The number of nitrogen functional groups attached to an aromatic ring is 1. The Morgan fingerprint density at radius 2 is 1.86 bits per heavy atom. The summed E-state index contributed by atoms with van der Waals surface area (Å²) in [5.74, 6) is 0.334. The van der Waals surface area contributed by atoms with Crippen molar-refractivity contribution in [2.24, 2.45) is 0 Å². The van der Waals surface area contributed by atoms with E-state index in [-0.39, 0.29) is 17.8 Å². The van der Waals surface area contributed by atoms with Gasteiger partial charge in [-0.3, -0.25) is 15.7 Å². The van der Waals surface area contributed by atoms with E-state index in [1.807, 2.05) is 50.2 Å². The quantitative estimate of drug-likeness (QED) is 0.495. The average Bonchev–Trinajstić information content (AvgIpc) is 2.68. The number of anilines is 2. The number of rotatable bonds is 5. The molecule has 0 aliphatic rings. The molecule has 0 fully saturated rings. The van der Waals surface area contributed by atoms with Crippen molar-refractivity contribution in [3.8, 4) is 0 Å². The van der Waals surface area contributed by atoms with Gasteiger partial charge in [0.25, 0.3) is 0 Å². The van der Waals surface area contributed by atoms with Gasteiger partial charge in [0.2, 0.25) is 0 Å². The molecule has 3 rings (SSSR count). The zero-order valence-electron chi connectivity index (χ0n) is 16.7. The number of benzene rings is 1. The van der Waals surface area contributed by atoms with Crippen LogP contribution in [0.25, 0.3) is 0 Å². The molecule has 7 nitrogen and oxygen atoms in total. The van der Waals surface area contributed by atoms with Crippen LogP contribution in [0.1, 0.15) is 41.0 Å². The van der Waals surface area contributed by atoms with Crippen molar-refractivity contribution in [2.75, 3.05) is 11.1 Å². The van der Waals surface area contributed by atoms with Crippen LogP contribution in [0.5, 0.6) is 0 Å². The summed E-state index contributed by atoms with van der Waals surface area (Å²) >= 11 is 0. The maximum atomic E-state index is 12.3. The average molecular weight is 388 g/mol. The van der Waals surface area contributed by atoms with E-state index in [1.54, 1.807) is 25.3 Å². The smallest absolute Gasteiger partial charge is 0.320 e. The molecular weight excluding hydrogens is 364 g/mol. The number of aryl methyl sites for hydroxylation is 2. The topological polar surface area (TPSA) is 117 Å². The highest BCUT2D eigenvalue weighted by Gasteiger charge is 2.16. The standard InChI is InChI=1S/C22H24N6O/c1-13-11-17(9-10-25-13)21(24)20-15(3)26-19(12-18(20)23)28-22(29)27-14(2)16-7-5-4-6-8-16/h4-12,14,24H,1-3H3,(H4,23,26,27,28,29)/t14-/m1/s1. The van der Waals surface area contributed by atoms with Crippen molar-refractivity contribution >= 4 is 23.2 Å². The second kappa shape index (κ2) is 8.52. The summed E-state index contributed by atoms with van der Waals surface area (Å²) in [5.41, 5.74) is 10.5. The van der Waals surface area contributed by atoms with Crippen LogP contribution in [-0.4, -0.2) is 21.7 Å². The van der Waals surface area contributed by atoms with Crippen molar-refractivity contribution in [1.29, 1.82) is 5.41 Å². The fourth-order valence-electron chi connectivity index (χ4n) is 3.11. The largest absolute Gasteiger partial charge is 0.398 e. The molecule has 1 atom stereocenters. The summed E-state index contributed by atoms with van der Waals surface area (Å²) in [6, 6.07) is 14.3. The molecule has 2 heterocycles. The van der Waals surface area contributed by atoms with Crippen LogP contribution in [0.2, 0.25) is 0 Å². The molecule has 0 spiro atoms. The maximum absolute atomic E-state index is 12.3. The van der Waals surface area contributed by atoms with Gasteiger partial charge in [0.05, 0.1) is 17.4 Å². The minimum atomic E-state index is -0.375. The third-order valence-corrected chi connectivity index (χ3v) is 4.55. The van der Waals surface area contributed by atoms with Crippen LogP contribution in [0.3, 0.4) is 0 Å². The third kappa shape index (κ3) is 4.76. The minimum absolute atomic E-state index is 0.156. The minimum Gasteiger partial charge on any atom is -0.398 e. The van der Waals surface area contributed by atoms with Crippen molar-refractivity contribution in [2.45, 2.75) is 26.8 Å². The Hall–Kier alpha value is -3.74. The summed E-state index contributed by atoms with van der Waals surface area (Å²) < 4.78 is 0. The van der Waals surface area contributed by atoms with Gasteiger partial charge in [0.15, 0.2) is 0 Å². The Balaban J connectivity index is 1.75. The Labute approximate surface area is 169 Å². The number of nitrogens with zero attached hydrogens (tertiary/aromatic N) is 2. The molecule has 3 aromatic rings. The van der Waals surface area contributed by atoms with Crippen LogP contribution >= 0.6 is 0 Å². The van der Waals surface area contributed by atoms with E-state index in [9.17, 15) is 4.79 Å². The zero-order valence-corrected chi connectivity index (χ0v) is 16.7. The van der Waals surface area contributed by atoms with Gasteiger partial charge in [-0.15, -0.1) is 0 Å². The van der Waals surface area contributed by atoms with Crippen molar-refractivity contribution < 1.29 is 4.79 Å². The molecule has 0 aliphatic carbocycles. The molecule has 1 aromatic carbocycles. The lowest BCUT2D eigenvalue weighted by Crippen LogP contribution is -2.31. The summed E-state index contributed by atoms with van der Waals surface area (Å²) in [7, 11) is 0. The molecule has 29 heavy (non-hydrogen) atoms. The highest BCUT2D eigenvalue weighted by atomic mass is 16.2. The van der Waals surface area contributed by atoms with E-state index in [0.29, 0.717) is 28.3 Å². The molecule has 0 saturated carbocycles. The lowest BCUT2D eigenvalue weighted by atomic mass is 10.00. The number of aromatic nitrogens is 2. The van der Waals surface area contributed by atoms with Crippen LogP contribution < -0.4 is 16.4 Å². The molecule has 2 amide bonds. The third-order valence-electron chi connectivity index (χ3n) is 4.55. The SMILES string of the molecule is Cc1cc(C(=N)c2c(N)cc(NC(=O)N[C@H](C)c3ccccc3)nc2C)ccn1. The highest BCUT2D eigenvalue weighted by Crippen LogP contribution is 2.23. The molecule has 0 saturated heterocycles. The Kier molecular flexibility index (Phi) is 5.87. The maximum Gasteiger partial charge on any atom is 0.320 e. The van der Waals surface area contributed by atoms with Gasteiger partial charge in [0.1, 0.15) is 5.82 Å². The van der Waals surface area contributed by atoms with Crippen molar-refractivity contribution in [1.82, 2.24) is 15.3 Å². The predicted octanol–water partition coefficient (Wildman–Crippen LogP) is 3.97. The fraction of sp³-hybridized carbons (Fsp3) is 0.182. The Bertz CT molecular complexity index is 1030. The van der Waals surface area contributed by atoms with Gasteiger partial charge >= 0.3 is 6.03 Å². The molecule has 0 bridgehead atoms. The second-order valence-electron chi connectivity index (χ2n) is 6.85. The van der Waals surface area contributed by atoms with Gasteiger partial charge in [-0.1, -0.05) is 30.3 Å². The molecule has 0 radical (unpaired) electrons. The van der Waals surface area contributed by atoms with Gasteiger partial charge < -0.3 is 11.1 Å². The molecule has 5 N–H and O–H groups in total. The van der Waals surface area contributed by atoms with Gasteiger partial charge in [-0.25, -0.2) is 9.78 Å². The van der Waals surface area contributed by atoms with E-state index >= 15 is 0 Å². The summed E-state index contributed by atoms with van der Waals surface area (Å²) in [6.07, 6.45) is 1.66. The lowest BCUT2D eigenvalue weighted by molar-refractivity contribution is 0.249. The van der Waals surface area contributed by atoms with E-state index in [2.05, 4.69) is 20.6 Å². The first-order valence-electron chi connectivity index (χ1n) is 9.26. The van der Waals surface area contributed by atoms with Gasteiger partial charge in [-0.05, 0) is 38.5 Å². The van der Waals surface area contributed by atoms with E-state index in [0.717, 1.165) is 11.3 Å². The first-order chi connectivity index (χ1) is 13.8. The normalized spacial score (nSPS) is 11.6. The van der Waals surface area contributed by atoms with E-state index in [1.165, 1.54) is 0 Å². The first-order valence-corrected chi connectivity index (χ1v) is 9.26. The van der Waals surface area contributed by atoms with Crippen LogP contribution in [0.15, 0.2) is 54.7 Å². The fourth-order valence-corrected chi connectivity index (χ4v) is 3.11. The van der Waals surface area contributed by atoms with Crippen LogP contribution in [0.4, 0.5) is 16.3 Å². The second-order valence-corrected chi connectivity index (χ2v) is 6.85. The van der Waals surface area contributed by atoms with Gasteiger partial charge in [-0.2, -0.15) is 0 Å². The van der Waals surface area contributed by atoms with Crippen molar-refractivity contribution in [3.05, 3.63) is 82.8 Å². The Morgan fingerprint density at radius 1 is 1.14 bits per heavy atom. The summed E-state index contributed by atoms with van der Waals surface area (Å²) in [5, 5.41) is 14.1. The summed E-state index contributed by atoms with van der Waals surface area (Å²) in [4.78, 5) is 20.9. The molecule has 148 valence electrons. The lowest BCUT2D eigenvalue weighted by Gasteiger charge is -2.16. The number of urea groups is 1. The number of amides is 2. The number of nitrogens with two attached hydrogens (primary N) is 1. The Morgan fingerprint density at radius 3 is 2.52 bits per heavy atom. The number of nitrogens with one attached hydrogen (secondary N) is 3. The van der Waals surface area contributed by atoms with Crippen LogP contribution in [-0.2, 0) is 0 Å². The van der Waals surface area contributed by atoms with Crippen LogP contribution in [0, 0.1) is 19.3 Å². The zero-order chi connectivity index (χ0) is 21.0. The number of carbonyl (C=O) groups excluding carboxylic acids is 1. The van der Waals surface area contributed by atoms with E-state index < -0.39 is 0 Å². The number of pyridine rings is 2. The number of hydrogen-bond acceptors (Lipinski definition) is 5. The van der Waals surface area contributed by atoms with Crippen molar-refractivity contribution in [3.63, 3.8) is 0 Å². The monoisotopic (exact) mass is 388 g/mol. The summed E-state index contributed by atoms with van der Waals surface area (Å²) in [6.45, 7) is 5.54. The number of carbonyl (C=O) groups is 1. The molecule has 0 aliphatic heterocycles. The molecule has 2 aromatic heterocycles. The molecule has 7 heteroatoms. The molecule has 0 unspecified atom stereocenters. The number of hydrogen-bond donors (Lipinski definition) is 4.